The summed E-state index contributed by atoms with van der Waals surface area (Å²) in [7, 11) is 0. The maximum Gasteiger partial charge on any atom is 0.242 e. The van der Waals surface area contributed by atoms with Crippen molar-refractivity contribution < 1.29 is 4.79 Å². The standard InChI is InChI=1S/C16H24BrN3O/c1-4-14-16(21)19-8-9-20(14)15-7-6-12(17)10-13(15)11(3)18-5-2/h6-7,10-11,14,18H,4-5,8-9H2,1-3H3,(H,19,21). The average Bonchev–Trinajstić information content (AvgIpc) is 2.47. The van der Waals surface area contributed by atoms with Gasteiger partial charge in [-0.3, -0.25) is 4.79 Å². The van der Waals surface area contributed by atoms with E-state index in [1.165, 1.54) is 5.56 Å². The van der Waals surface area contributed by atoms with Crippen LogP contribution in [0.2, 0.25) is 0 Å². The van der Waals surface area contributed by atoms with E-state index in [0.29, 0.717) is 6.54 Å². The Hall–Kier alpha value is -1.07. The first-order chi connectivity index (χ1) is 10.1. The van der Waals surface area contributed by atoms with Crippen LogP contribution in [0.1, 0.15) is 38.8 Å². The molecular formula is C16H24BrN3O. The SMILES string of the molecule is CCNC(C)c1cc(Br)ccc1N1CCNC(=O)C1CC. The third-order valence-electron chi connectivity index (χ3n) is 3.99. The summed E-state index contributed by atoms with van der Waals surface area (Å²) in [4.78, 5) is 14.3. The lowest BCUT2D eigenvalue weighted by molar-refractivity contribution is -0.123. The van der Waals surface area contributed by atoms with Crippen molar-refractivity contribution in [2.75, 3.05) is 24.5 Å². The molecule has 0 spiro atoms. The molecule has 0 radical (unpaired) electrons. The molecule has 1 aromatic rings. The molecular weight excluding hydrogens is 330 g/mol. The van der Waals surface area contributed by atoms with Crippen LogP contribution in [-0.2, 0) is 4.79 Å². The number of nitrogens with zero attached hydrogens (tertiary/aromatic N) is 1. The predicted molar refractivity (Wildman–Crippen MR) is 90.7 cm³/mol. The molecule has 21 heavy (non-hydrogen) atoms. The molecule has 1 heterocycles. The Bertz CT molecular complexity index is 506. The van der Waals surface area contributed by atoms with Gasteiger partial charge in [-0.2, -0.15) is 0 Å². The van der Waals surface area contributed by atoms with E-state index in [1.54, 1.807) is 0 Å². The molecule has 1 aliphatic heterocycles. The Kier molecular flexibility index (Phi) is 5.65. The molecule has 2 atom stereocenters. The highest BCUT2D eigenvalue weighted by molar-refractivity contribution is 9.10. The van der Waals surface area contributed by atoms with Crippen molar-refractivity contribution in [2.45, 2.75) is 39.3 Å². The van der Waals surface area contributed by atoms with Crippen molar-refractivity contribution in [3.63, 3.8) is 0 Å². The topological polar surface area (TPSA) is 44.4 Å². The van der Waals surface area contributed by atoms with Crippen LogP contribution in [-0.4, -0.2) is 31.6 Å². The second-order valence-electron chi connectivity index (χ2n) is 5.39. The maximum absolute atomic E-state index is 12.1. The molecule has 0 saturated carbocycles. The highest BCUT2D eigenvalue weighted by atomic mass is 79.9. The van der Waals surface area contributed by atoms with Crippen molar-refractivity contribution >= 4 is 27.5 Å². The van der Waals surface area contributed by atoms with Crippen molar-refractivity contribution in [1.29, 1.82) is 0 Å². The summed E-state index contributed by atoms with van der Waals surface area (Å²) in [6.45, 7) is 8.83. The van der Waals surface area contributed by atoms with Gasteiger partial charge >= 0.3 is 0 Å². The highest BCUT2D eigenvalue weighted by Crippen LogP contribution is 2.32. The first kappa shape index (κ1) is 16.3. The van der Waals surface area contributed by atoms with E-state index in [4.69, 9.17) is 0 Å². The van der Waals surface area contributed by atoms with Gasteiger partial charge in [-0.05, 0) is 43.7 Å². The number of hydrogen-bond donors (Lipinski definition) is 2. The smallest absolute Gasteiger partial charge is 0.242 e. The highest BCUT2D eigenvalue weighted by Gasteiger charge is 2.30. The number of carbonyl (C=O) groups is 1. The first-order valence-corrected chi connectivity index (χ1v) is 8.45. The van der Waals surface area contributed by atoms with E-state index in [-0.39, 0.29) is 18.0 Å². The minimum Gasteiger partial charge on any atom is -0.357 e. The molecule has 2 rings (SSSR count). The molecule has 1 saturated heterocycles. The molecule has 2 N–H and O–H groups in total. The molecule has 1 amide bonds. The third-order valence-corrected chi connectivity index (χ3v) is 4.49. The number of amides is 1. The van der Waals surface area contributed by atoms with Gasteiger partial charge in [0.25, 0.3) is 0 Å². The number of rotatable bonds is 5. The van der Waals surface area contributed by atoms with Gasteiger partial charge in [-0.25, -0.2) is 0 Å². The van der Waals surface area contributed by atoms with E-state index >= 15 is 0 Å². The monoisotopic (exact) mass is 353 g/mol. The summed E-state index contributed by atoms with van der Waals surface area (Å²) < 4.78 is 1.07. The second-order valence-corrected chi connectivity index (χ2v) is 6.31. The van der Waals surface area contributed by atoms with E-state index in [9.17, 15) is 4.79 Å². The van der Waals surface area contributed by atoms with Gasteiger partial charge in [0.15, 0.2) is 0 Å². The summed E-state index contributed by atoms with van der Waals surface area (Å²) in [5.74, 6) is 0.133. The Morgan fingerprint density at radius 1 is 1.48 bits per heavy atom. The fraction of sp³-hybridized carbons (Fsp3) is 0.562. The van der Waals surface area contributed by atoms with Gasteiger partial charge in [0, 0.05) is 29.3 Å². The fourth-order valence-electron chi connectivity index (χ4n) is 2.96. The van der Waals surface area contributed by atoms with Crippen LogP contribution in [0.3, 0.4) is 0 Å². The van der Waals surface area contributed by atoms with Crippen LogP contribution in [0, 0.1) is 0 Å². The van der Waals surface area contributed by atoms with Crippen molar-refractivity contribution in [3.8, 4) is 0 Å². The van der Waals surface area contributed by atoms with Crippen LogP contribution in [0.5, 0.6) is 0 Å². The zero-order valence-electron chi connectivity index (χ0n) is 12.9. The molecule has 1 aromatic carbocycles. The summed E-state index contributed by atoms with van der Waals surface area (Å²) in [5, 5.41) is 6.43. The van der Waals surface area contributed by atoms with E-state index < -0.39 is 0 Å². The zero-order valence-corrected chi connectivity index (χ0v) is 14.5. The summed E-state index contributed by atoms with van der Waals surface area (Å²) in [6.07, 6.45) is 0.816. The molecule has 4 nitrogen and oxygen atoms in total. The fourth-order valence-corrected chi connectivity index (χ4v) is 3.34. The minimum absolute atomic E-state index is 0.0764. The van der Waals surface area contributed by atoms with Gasteiger partial charge in [0.05, 0.1) is 0 Å². The van der Waals surface area contributed by atoms with Gasteiger partial charge in [0.1, 0.15) is 6.04 Å². The Morgan fingerprint density at radius 3 is 2.90 bits per heavy atom. The number of anilines is 1. The van der Waals surface area contributed by atoms with Crippen molar-refractivity contribution in [2.24, 2.45) is 0 Å². The van der Waals surface area contributed by atoms with Crippen LogP contribution < -0.4 is 15.5 Å². The minimum atomic E-state index is -0.0764. The molecule has 0 aromatic heterocycles. The Labute approximate surface area is 135 Å². The number of benzene rings is 1. The Morgan fingerprint density at radius 2 is 2.24 bits per heavy atom. The van der Waals surface area contributed by atoms with Crippen LogP contribution >= 0.6 is 15.9 Å². The quantitative estimate of drug-likeness (QED) is 0.855. The van der Waals surface area contributed by atoms with E-state index in [2.05, 4.69) is 70.4 Å². The lowest BCUT2D eigenvalue weighted by Crippen LogP contribution is -2.55. The molecule has 1 fully saturated rings. The number of nitrogens with one attached hydrogen (secondary N) is 2. The molecule has 0 aliphatic carbocycles. The molecule has 1 aliphatic rings. The summed E-state index contributed by atoms with van der Waals surface area (Å²) >= 11 is 3.56. The van der Waals surface area contributed by atoms with Gasteiger partial charge in [-0.1, -0.05) is 29.8 Å². The normalized spacial score (nSPS) is 20.3. The first-order valence-electron chi connectivity index (χ1n) is 7.65. The molecule has 2 unspecified atom stereocenters. The van der Waals surface area contributed by atoms with Crippen LogP contribution in [0.4, 0.5) is 5.69 Å². The van der Waals surface area contributed by atoms with Crippen LogP contribution in [0.15, 0.2) is 22.7 Å². The number of halogens is 1. The van der Waals surface area contributed by atoms with E-state index in [0.717, 1.165) is 29.7 Å². The van der Waals surface area contributed by atoms with Crippen molar-refractivity contribution in [3.05, 3.63) is 28.2 Å². The zero-order chi connectivity index (χ0) is 15.4. The van der Waals surface area contributed by atoms with Crippen LogP contribution in [0.25, 0.3) is 0 Å². The molecule has 0 bridgehead atoms. The average molecular weight is 354 g/mol. The molecule has 116 valence electrons. The predicted octanol–water partition coefficient (Wildman–Crippen LogP) is 2.83. The maximum atomic E-state index is 12.1. The number of carbonyl (C=O) groups excluding carboxylic acids is 1. The lowest BCUT2D eigenvalue weighted by atomic mass is 10.0. The number of hydrogen-bond acceptors (Lipinski definition) is 3. The van der Waals surface area contributed by atoms with Gasteiger partial charge in [-0.15, -0.1) is 0 Å². The molecule has 5 heteroatoms. The number of piperazine rings is 1. The van der Waals surface area contributed by atoms with Gasteiger partial charge < -0.3 is 15.5 Å². The third kappa shape index (κ3) is 3.58. The van der Waals surface area contributed by atoms with Gasteiger partial charge in [0.2, 0.25) is 5.91 Å². The lowest BCUT2D eigenvalue weighted by Gasteiger charge is -2.38. The summed E-state index contributed by atoms with van der Waals surface area (Å²) in [5.41, 5.74) is 2.40. The Balaban J connectivity index is 2.39. The van der Waals surface area contributed by atoms with E-state index in [1.807, 2.05) is 0 Å². The second kappa shape index (κ2) is 7.27. The largest absolute Gasteiger partial charge is 0.357 e. The summed E-state index contributed by atoms with van der Waals surface area (Å²) in [6, 6.07) is 6.50. The van der Waals surface area contributed by atoms with Crippen molar-refractivity contribution in [1.82, 2.24) is 10.6 Å².